The Morgan fingerprint density at radius 2 is 1.46 bits per heavy atom. The molecule has 10 N–H and O–H groups in total. The zero-order valence-electron chi connectivity index (χ0n) is 20.9. The highest BCUT2D eigenvalue weighted by Gasteiger charge is 2.31. The molecule has 39 heavy (non-hydrogen) atoms. The van der Waals surface area contributed by atoms with Crippen molar-refractivity contribution >= 4 is 59.1 Å². The van der Waals surface area contributed by atoms with E-state index in [1.807, 2.05) is 18.2 Å². The fourth-order valence-electron chi connectivity index (χ4n) is 3.72. The standard InChI is InChI=1S/C24H32N6O8S/c25-14(11-39)21(34)30-18(9-12-10-27-15-4-2-1-3-13(12)15)23(36)28-16(5-7-19(26)31)22(35)29-17(24(37)38)6-8-20(32)33/h1-4,10,14,16-18,27,39H,5-9,11,25H2,(H2,26,31)(H,28,36)(H,29,35)(H,30,34)(H,32,33)(H,37,38). The maximum atomic E-state index is 13.4. The van der Waals surface area contributed by atoms with Gasteiger partial charge in [0.1, 0.15) is 18.1 Å². The number of amides is 4. The van der Waals surface area contributed by atoms with Crippen molar-refractivity contribution in [1.82, 2.24) is 20.9 Å². The summed E-state index contributed by atoms with van der Waals surface area (Å²) in [4.78, 5) is 75.7. The molecule has 2 aromatic rings. The first-order valence-electron chi connectivity index (χ1n) is 12.0. The Labute approximate surface area is 228 Å². The number of aromatic nitrogens is 1. The van der Waals surface area contributed by atoms with Crippen molar-refractivity contribution in [3.63, 3.8) is 0 Å². The Balaban J connectivity index is 2.29. The van der Waals surface area contributed by atoms with E-state index in [-0.39, 0.29) is 25.0 Å². The highest BCUT2D eigenvalue weighted by molar-refractivity contribution is 7.80. The molecule has 1 aromatic heterocycles. The lowest BCUT2D eigenvalue weighted by atomic mass is 10.0. The third kappa shape index (κ3) is 9.61. The summed E-state index contributed by atoms with van der Waals surface area (Å²) in [6.07, 6.45) is 0.138. The number of carbonyl (C=O) groups excluding carboxylic acids is 4. The number of nitrogens with two attached hydrogens (primary N) is 2. The summed E-state index contributed by atoms with van der Waals surface area (Å²) in [5, 5.41) is 26.2. The number of carboxylic acid groups (broad SMARTS) is 2. The van der Waals surface area contributed by atoms with Gasteiger partial charge in [0.05, 0.1) is 6.04 Å². The van der Waals surface area contributed by atoms with Gasteiger partial charge in [-0.25, -0.2) is 4.79 Å². The fraction of sp³-hybridized carbons (Fsp3) is 0.417. The summed E-state index contributed by atoms with van der Waals surface area (Å²) in [5.41, 5.74) is 12.4. The van der Waals surface area contributed by atoms with Gasteiger partial charge in [0, 0.05) is 42.1 Å². The first-order valence-corrected chi connectivity index (χ1v) is 12.6. The molecule has 0 fully saturated rings. The number of fused-ring (bicyclic) bond motifs is 1. The molecule has 0 saturated carbocycles. The number of rotatable bonds is 16. The molecule has 1 heterocycles. The van der Waals surface area contributed by atoms with E-state index in [1.54, 1.807) is 12.3 Å². The number of H-pyrrole nitrogens is 1. The topological polar surface area (TPSA) is 247 Å². The van der Waals surface area contributed by atoms with Crippen molar-refractivity contribution in [2.45, 2.75) is 56.3 Å². The van der Waals surface area contributed by atoms with Gasteiger partial charge in [-0.2, -0.15) is 12.6 Å². The normalized spacial score (nSPS) is 14.0. The van der Waals surface area contributed by atoms with E-state index < -0.39 is 72.6 Å². The van der Waals surface area contributed by atoms with Crippen LogP contribution in [0, 0.1) is 0 Å². The van der Waals surface area contributed by atoms with Crippen molar-refractivity contribution in [2.24, 2.45) is 11.5 Å². The van der Waals surface area contributed by atoms with E-state index >= 15 is 0 Å². The lowest BCUT2D eigenvalue weighted by molar-refractivity contribution is -0.143. The van der Waals surface area contributed by atoms with Gasteiger partial charge in [-0.3, -0.25) is 24.0 Å². The van der Waals surface area contributed by atoms with Gasteiger partial charge in [0.2, 0.25) is 23.6 Å². The number of hydrogen-bond acceptors (Lipinski definition) is 8. The Kier molecular flexibility index (Phi) is 11.7. The van der Waals surface area contributed by atoms with Crippen LogP contribution >= 0.6 is 12.6 Å². The summed E-state index contributed by atoms with van der Waals surface area (Å²) in [5.74, 6) is -5.94. The van der Waals surface area contributed by atoms with Gasteiger partial charge in [0.15, 0.2) is 0 Å². The van der Waals surface area contributed by atoms with E-state index in [4.69, 9.17) is 16.6 Å². The van der Waals surface area contributed by atoms with E-state index in [0.717, 1.165) is 10.9 Å². The first-order chi connectivity index (χ1) is 18.4. The quantitative estimate of drug-likeness (QED) is 0.109. The lowest BCUT2D eigenvalue weighted by Crippen LogP contribution is -2.58. The van der Waals surface area contributed by atoms with Crippen molar-refractivity contribution in [3.05, 3.63) is 36.0 Å². The number of primary amides is 1. The van der Waals surface area contributed by atoms with E-state index in [2.05, 4.69) is 33.6 Å². The van der Waals surface area contributed by atoms with Gasteiger partial charge in [-0.1, -0.05) is 18.2 Å². The van der Waals surface area contributed by atoms with Gasteiger partial charge in [-0.05, 0) is 24.5 Å². The number of aromatic amines is 1. The molecule has 15 heteroatoms. The van der Waals surface area contributed by atoms with Crippen LogP contribution in [0.25, 0.3) is 10.9 Å². The van der Waals surface area contributed by atoms with Gasteiger partial charge >= 0.3 is 11.9 Å². The van der Waals surface area contributed by atoms with E-state index in [0.29, 0.717) is 5.56 Å². The molecule has 4 amide bonds. The summed E-state index contributed by atoms with van der Waals surface area (Å²) in [6, 6.07) is 2.07. The number of nitrogens with one attached hydrogen (secondary N) is 4. The van der Waals surface area contributed by atoms with Crippen LogP contribution in [-0.4, -0.2) is 80.7 Å². The van der Waals surface area contributed by atoms with Crippen LogP contribution in [0.2, 0.25) is 0 Å². The number of benzene rings is 1. The molecular weight excluding hydrogens is 532 g/mol. The van der Waals surface area contributed by atoms with Crippen LogP contribution in [0.4, 0.5) is 0 Å². The Morgan fingerprint density at radius 1 is 0.872 bits per heavy atom. The second-order valence-electron chi connectivity index (χ2n) is 8.81. The number of aliphatic carboxylic acids is 2. The highest BCUT2D eigenvalue weighted by Crippen LogP contribution is 2.19. The number of carbonyl (C=O) groups is 6. The third-order valence-electron chi connectivity index (χ3n) is 5.84. The van der Waals surface area contributed by atoms with Crippen LogP contribution in [0.1, 0.15) is 31.2 Å². The molecule has 0 aliphatic rings. The van der Waals surface area contributed by atoms with Crippen molar-refractivity contribution in [1.29, 1.82) is 0 Å². The Hall–Kier alpha value is -4.11. The largest absolute Gasteiger partial charge is 0.481 e. The molecule has 2 rings (SSSR count). The number of para-hydroxylation sites is 1. The second-order valence-corrected chi connectivity index (χ2v) is 9.18. The molecule has 0 spiro atoms. The first kappa shape index (κ1) is 31.1. The van der Waals surface area contributed by atoms with Gasteiger partial charge < -0.3 is 42.6 Å². The van der Waals surface area contributed by atoms with Crippen LogP contribution in [0.5, 0.6) is 0 Å². The summed E-state index contributed by atoms with van der Waals surface area (Å²) >= 11 is 4.00. The zero-order chi connectivity index (χ0) is 29.1. The zero-order valence-corrected chi connectivity index (χ0v) is 21.8. The monoisotopic (exact) mass is 564 g/mol. The molecule has 1 aromatic carbocycles. The maximum Gasteiger partial charge on any atom is 0.326 e. The van der Waals surface area contributed by atoms with Crippen molar-refractivity contribution in [2.75, 3.05) is 5.75 Å². The minimum absolute atomic E-state index is 0.00139. The second kappa shape index (κ2) is 14.7. The minimum Gasteiger partial charge on any atom is -0.481 e. The number of thiol groups is 1. The SMILES string of the molecule is NC(=O)CCC(NC(=O)C(Cc1c[nH]c2ccccc12)NC(=O)C(N)CS)C(=O)NC(CCC(=O)O)C(=O)O. The molecule has 4 unspecified atom stereocenters. The summed E-state index contributed by atoms with van der Waals surface area (Å²) in [7, 11) is 0. The van der Waals surface area contributed by atoms with E-state index in [1.165, 1.54) is 0 Å². The molecule has 0 aliphatic heterocycles. The molecule has 0 saturated heterocycles. The average molecular weight is 565 g/mol. The minimum atomic E-state index is -1.56. The number of carboxylic acids is 2. The maximum absolute atomic E-state index is 13.4. The summed E-state index contributed by atoms with van der Waals surface area (Å²) in [6.45, 7) is 0. The molecule has 0 radical (unpaired) electrons. The predicted molar refractivity (Wildman–Crippen MR) is 143 cm³/mol. The third-order valence-corrected chi connectivity index (χ3v) is 6.23. The van der Waals surface area contributed by atoms with Crippen LogP contribution in [0.15, 0.2) is 30.5 Å². The fourth-order valence-corrected chi connectivity index (χ4v) is 3.88. The van der Waals surface area contributed by atoms with Crippen LogP contribution in [0.3, 0.4) is 0 Å². The Morgan fingerprint density at radius 3 is 2.08 bits per heavy atom. The smallest absolute Gasteiger partial charge is 0.326 e. The average Bonchev–Trinajstić information content (AvgIpc) is 3.29. The molecule has 4 atom stereocenters. The molecule has 212 valence electrons. The molecule has 0 aliphatic carbocycles. The lowest BCUT2D eigenvalue weighted by Gasteiger charge is -2.25. The van der Waals surface area contributed by atoms with Crippen molar-refractivity contribution in [3.8, 4) is 0 Å². The highest BCUT2D eigenvalue weighted by atomic mass is 32.1. The number of hydrogen-bond donors (Lipinski definition) is 9. The molecular formula is C24H32N6O8S. The van der Waals surface area contributed by atoms with Gasteiger partial charge in [0.25, 0.3) is 0 Å². The molecule has 14 nitrogen and oxygen atoms in total. The molecule has 0 bridgehead atoms. The predicted octanol–water partition coefficient (Wildman–Crippen LogP) is -1.36. The van der Waals surface area contributed by atoms with E-state index in [9.17, 15) is 33.9 Å². The van der Waals surface area contributed by atoms with Gasteiger partial charge in [-0.15, -0.1) is 0 Å². The Bertz CT molecular complexity index is 1220. The van der Waals surface area contributed by atoms with Crippen LogP contribution < -0.4 is 27.4 Å². The van der Waals surface area contributed by atoms with Crippen molar-refractivity contribution < 1.29 is 39.0 Å². The van der Waals surface area contributed by atoms with Crippen LogP contribution in [-0.2, 0) is 35.2 Å². The summed E-state index contributed by atoms with van der Waals surface area (Å²) < 4.78 is 0.